The highest BCUT2D eigenvalue weighted by atomic mass is 16.3. The first kappa shape index (κ1) is 13.2. The molecule has 1 aliphatic carbocycles. The number of carbonyl (C=O) groups is 2. The Bertz CT molecular complexity index is 498. The predicted molar refractivity (Wildman–Crippen MR) is 70.6 cm³/mol. The van der Waals surface area contributed by atoms with E-state index < -0.39 is 5.91 Å². The number of rotatable bonds is 5. The number of phenols is 1. The highest BCUT2D eigenvalue weighted by molar-refractivity contribution is 5.98. The van der Waals surface area contributed by atoms with Crippen molar-refractivity contribution in [3.63, 3.8) is 0 Å². The Morgan fingerprint density at radius 3 is 2.63 bits per heavy atom. The van der Waals surface area contributed by atoms with Crippen molar-refractivity contribution >= 4 is 17.5 Å². The molecule has 0 heterocycles. The highest BCUT2D eigenvalue weighted by Gasteiger charge is 2.29. The molecule has 2 amide bonds. The van der Waals surface area contributed by atoms with Crippen molar-refractivity contribution in [3.05, 3.63) is 23.8 Å². The van der Waals surface area contributed by atoms with E-state index in [0.717, 1.165) is 12.8 Å². The molecule has 6 nitrogen and oxygen atoms in total. The predicted octanol–water partition coefficient (Wildman–Crippen LogP) is 0.230. The van der Waals surface area contributed by atoms with Gasteiger partial charge in [0, 0.05) is 19.0 Å². The van der Waals surface area contributed by atoms with Crippen LogP contribution in [0.4, 0.5) is 5.69 Å². The number of nitrogen functional groups attached to an aromatic ring is 1. The average molecular weight is 263 g/mol. The third kappa shape index (κ3) is 3.37. The van der Waals surface area contributed by atoms with E-state index in [1.807, 2.05) is 0 Å². The summed E-state index contributed by atoms with van der Waals surface area (Å²) in [5.41, 5.74) is 5.80. The van der Waals surface area contributed by atoms with Gasteiger partial charge in [0.2, 0.25) is 5.91 Å². The minimum atomic E-state index is -0.412. The van der Waals surface area contributed by atoms with E-state index in [-0.39, 0.29) is 28.8 Å². The van der Waals surface area contributed by atoms with E-state index in [1.165, 1.54) is 12.1 Å². The van der Waals surface area contributed by atoms with Crippen LogP contribution in [0.3, 0.4) is 0 Å². The molecule has 0 radical (unpaired) electrons. The molecule has 102 valence electrons. The molecular formula is C13H17N3O3. The summed E-state index contributed by atoms with van der Waals surface area (Å²) in [7, 11) is 0. The zero-order valence-electron chi connectivity index (χ0n) is 10.5. The normalized spacial score (nSPS) is 13.9. The van der Waals surface area contributed by atoms with Gasteiger partial charge in [-0.05, 0) is 25.0 Å². The second-order valence-corrected chi connectivity index (χ2v) is 4.56. The molecule has 1 aromatic rings. The van der Waals surface area contributed by atoms with Gasteiger partial charge in [-0.2, -0.15) is 0 Å². The molecule has 0 aromatic heterocycles. The van der Waals surface area contributed by atoms with Gasteiger partial charge in [-0.15, -0.1) is 0 Å². The lowest BCUT2D eigenvalue weighted by atomic mass is 10.1. The molecule has 19 heavy (non-hydrogen) atoms. The van der Waals surface area contributed by atoms with Crippen LogP contribution < -0.4 is 16.4 Å². The van der Waals surface area contributed by atoms with Crippen LogP contribution in [0, 0.1) is 5.92 Å². The van der Waals surface area contributed by atoms with E-state index in [1.54, 1.807) is 6.07 Å². The molecular weight excluding hydrogens is 246 g/mol. The maximum absolute atomic E-state index is 11.8. The number of anilines is 1. The number of hydrogen-bond donors (Lipinski definition) is 4. The molecule has 1 fully saturated rings. The van der Waals surface area contributed by atoms with Crippen molar-refractivity contribution in [2.24, 2.45) is 5.92 Å². The first-order valence-corrected chi connectivity index (χ1v) is 6.23. The number of benzene rings is 1. The molecule has 0 bridgehead atoms. The van der Waals surface area contributed by atoms with E-state index in [4.69, 9.17) is 5.73 Å². The van der Waals surface area contributed by atoms with Crippen LogP contribution in [0.2, 0.25) is 0 Å². The SMILES string of the molecule is Nc1cccc(C(=O)NCCNC(=O)C2CC2)c1O. The van der Waals surface area contributed by atoms with Gasteiger partial charge in [0.15, 0.2) is 5.75 Å². The quantitative estimate of drug-likeness (QED) is 0.347. The number of carbonyl (C=O) groups excluding carboxylic acids is 2. The second-order valence-electron chi connectivity index (χ2n) is 4.56. The van der Waals surface area contributed by atoms with Crippen molar-refractivity contribution in [3.8, 4) is 5.75 Å². The first-order chi connectivity index (χ1) is 9.09. The minimum Gasteiger partial charge on any atom is -0.505 e. The number of nitrogens with one attached hydrogen (secondary N) is 2. The smallest absolute Gasteiger partial charge is 0.255 e. The Morgan fingerprint density at radius 2 is 1.95 bits per heavy atom. The van der Waals surface area contributed by atoms with Crippen LogP contribution in [0.5, 0.6) is 5.75 Å². The van der Waals surface area contributed by atoms with E-state index in [2.05, 4.69) is 10.6 Å². The highest BCUT2D eigenvalue weighted by Crippen LogP contribution is 2.28. The van der Waals surface area contributed by atoms with Gasteiger partial charge in [0.1, 0.15) is 0 Å². The molecule has 0 spiro atoms. The fraction of sp³-hybridized carbons (Fsp3) is 0.385. The molecule has 1 aromatic carbocycles. The Balaban J connectivity index is 1.77. The van der Waals surface area contributed by atoms with Gasteiger partial charge in [0.05, 0.1) is 11.3 Å². The molecule has 6 heteroatoms. The molecule has 0 saturated heterocycles. The van der Waals surface area contributed by atoms with Crippen LogP contribution in [0.1, 0.15) is 23.2 Å². The lowest BCUT2D eigenvalue weighted by Gasteiger charge is -2.08. The molecule has 5 N–H and O–H groups in total. The van der Waals surface area contributed by atoms with Crippen molar-refractivity contribution < 1.29 is 14.7 Å². The first-order valence-electron chi connectivity index (χ1n) is 6.23. The topological polar surface area (TPSA) is 104 Å². The maximum atomic E-state index is 11.8. The number of phenolic OH excluding ortho intramolecular Hbond substituents is 1. The van der Waals surface area contributed by atoms with Crippen LogP contribution in [-0.4, -0.2) is 30.0 Å². The zero-order valence-corrected chi connectivity index (χ0v) is 10.5. The number of amides is 2. The third-order valence-electron chi connectivity index (χ3n) is 2.97. The lowest BCUT2D eigenvalue weighted by Crippen LogP contribution is -2.35. The van der Waals surface area contributed by atoms with Crippen LogP contribution in [0.25, 0.3) is 0 Å². The van der Waals surface area contributed by atoms with Crippen molar-refractivity contribution in [1.82, 2.24) is 10.6 Å². The second kappa shape index (κ2) is 5.60. The van der Waals surface area contributed by atoms with E-state index in [9.17, 15) is 14.7 Å². The summed E-state index contributed by atoms with van der Waals surface area (Å²) in [6, 6.07) is 4.60. The lowest BCUT2D eigenvalue weighted by molar-refractivity contribution is -0.122. The Hall–Kier alpha value is -2.24. The fourth-order valence-electron chi connectivity index (χ4n) is 1.69. The van der Waals surface area contributed by atoms with Crippen molar-refractivity contribution in [2.45, 2.75) is 12.8 Å². The maximum Gasteiger partial charge on any atom is 0.255 e. The fourth-order valence-corrected chi connectivity index (χ4v) is 1.69. The average Bonchev–Trinajstić information content (AvgIpc) is 3.21. The van der Waals surface area contributed by atoms with Crippen LogP contribution >= 0.6 is 0 Å². The summed E-state index contributed by atoms with van der Waals surface area (Å²) >= 11 is 0. The molecule has 0 atom stereocenters. The third-order valence-corrected chi connectivity index (χ3v) is 2.97. The molecule has 2 rings (SSSR count). The monoisotopic (exact) mass is 263 g/mol. The number of aromatic hydroxyl groups is 1. The van der Waals surface area contributed by atoms with Crippen LogP contribution in [-0.2, 0) is 4.79 Å². The van der Waals surface area contributed by atoms with Gasteiger partial charge in [-0.3, -0.25) is 9.59 Å². The minimum absolute atomic E-state index is 0.0426. The number of nitrogens with two attached hydrogens (primary N) is 1. The van der Waals surface area contributed by atoms with Gasteiger partial charge in [0.25, 0.3) is 5.91 Å². The summed E-state index contributed by atoms with van der Waals surface area (Å²) in [4.78, 5) is 23.1. The van der Waals surface area contributed by atoms with Gasteiger partial charge < -0.3 is 21.5 Å². The summed E-state index contributed by atoms with van der Waals surface area (Å²) in [6.45, 7) is 0.690. The molecule has 1 saturated carbocycles. The van der Waals surface area contributed by atoms with Crippen molar-refractivity contribution in [1.29, 1.82) is 0 Å². The standard InChI is InChI=1S/C13H17N3O3/c14-10-3-1-2-9(11(10)17)13(19)16-7-6-15-12(18)8-4-5-8/h1-3,8,17H,4-7,14H2,(H,15,18)(H,16,19). The summed E-state index contributed by atoms with van der Waals surface area (Å²) in [5.74, 6) is -0.429. The van der Waals surface area contributed by atoms with Gasteiger partial charge in [-0.1, -0.05) is 6.07 Å². The van der Waals surface area contributed by atoms with Crippen LogP contribution in [0.15, 0.2) is 18.2 Å². The largest absolute Gasteiger partial charge is 0.505 e. The van der Waals surface area contributed by atoms with E-state index >= 15 is 0 Å². The molecule has 1 aliphatic rings. The molecule has 0 aliphatic heterocycles. The number of hydrogen-bond acceptors (Lipinski definition) is 4. The Labute approximate surface area is 111 Å². The Kier molecular flexibility index (Phi) is 3.89. The Morgan fingerprint density at radius 1 is 1.26 bits per heavy atom. The van der Waals surface area contributed by atoms with Crippen molar-refractivity contribution in [2.75, 3.05) is 18.8 Å². The zero-order chi connectivity index (χ0) is 13.8. The van der Waals surface area contributed by atoms with Gasteiger partial charge in [-0.25, -0.2) is 0 Å². The summed E-state index contributed by atoms with van der Waals surface area (Å²) in [6.07, 6.45) is 1.91. The van der Waals surface area contributed by atoms with E-state index in [0.29, 0.717) is 13.1 Å². The summed E-state index contributed by atoms with van der Waals surface area (Å²) < 4.78 is 0. The molecule has 0 unspecified atom stereocenters. The summed E-state index contributed by atoms with van der Waals surface area (Å²) in [5, 5.41) is 15.0. The number of para-hydroxylation sites is 1. The van der Waals surface area contributed by atoms with Gasteiger partial charge >= 0.3 is 0 Å².